The van der Waals surface area contributed by atoms with Gasteiger partial charge in [-0.15, -0.1) is 0 Å². The van der Waals surface area contributed by atoms with Gasteiger partial charge >= 0.3 is 0 Å². The Bertz CT molecular complexity index is 551. The van der Waals surface area contributed by atoms with Gasteiger partial charge in [0.1, 0.15) is 17.7 Å². The van der Waals surface area contributed by atoms with Crippen LogP contribution in [0.1, 0.15) is 18.4 Å². The Morgan fingerprint density at radius 1 is 1.14 bits per heavy atom. The van der Waals surface area contributed by atoms with Crippen LogP contribution in [-0.2, 0) is 6.54 Å². The van der Waals surface area contributed by atoms with Gasteiger partial charge in [-0.1, -0.05) is 6.07 Å². The molecule has 0 aliphatic carbocycles. The highest BCUT2D eigenvalue weighted by Crippen LogP contribution is 2.20. The van der Waals surface area contributed by atoms with Crippen LogP contribution in [0.25, 0.3) is 0 Å². The van der Waals surface area contributed by atoms with Crippen LogP contribution in [0.15, 0.2) is 48.8 Å². The van der Waals surface area contributed by atoms with E-state index in [9.17, 15) is 4.39 Å². The number of ether oxygens (including phenoxy) is 1. The fourth-order valence-corrected chi connectivity index (χ4v) is 2.64. The van der Waals surface area contributed by atoms with Crippen LogP contribution in [-0.4, -0.2) is 29.1 Å². The van der Waals surface area contributed by atoms with Crippen molar-refractivity contribution < 1.29 is 9.13 Å². The lowest BCUT2D eigenvalue weighted by Crippen LogP contribution is -2.37. The first kappa shape index (κ1) is 14.0. The molecule has 2 aromatic rings. The maximum Gasteiger partial charge on any atom is 0.123 e. The summed E-state index contributed by atoms with van der Waals surface area (Å²) in [6, 6.07) is 10.3. The molecular formula is C17H19FN2O. The molecule has 0 bridgehead atoms. The van der Waals surface area contributed by atoms with Gasteiger partial charge in [0.05, 0.1) is 0 Å². The molecule has 3 nitrogen and oxygen atoms in total. The second-order valence-corrected chi connectivity index (χ2v) is 5.41. The van der Waals surface area contributed by atoms with E-state index >= 15 is 0 Å². The summed E-state index contributed by atoms with van der Waals surface area (Å²) in [7, 11) is 0. The van der Waals surface area contributed by atoms with Gasteiger partial charge in [0.25, 0.3) is 0 Å². The fourth-order valence-electron chi connectivity index (χ4n) is 2.64. The molecule has 1 fully saturated rings. The first-order valence-electron chi connectivity index (χ1n) is 7.33. The van der Waals surface area contributed by atoms with Gasteiger partial charge in [0.2, 0.25) is 0 Å². The van der Waals surface area contributed by atoms with E-state index in [1.807, 2.05) is 12.3 Å². The van der Waals surface area contributed by atoms with E-state index in [2.05, 4.69) is 16.0 Å². The van der Waals surface area contributed by atoms with Crippen molar-refractivity contribution in [3.63, 3.8) is 0 Å². The highest BCUT2D eigenvalue weighted by atomic mass is 19.1. The van der Waals surface area contributed by atoms with Crippen LogP contribution in [0, 0.1) is 5.82 Å². The van der Waals surface area contributed by atoms with Crippen LogP contribution in [0.2, 0.25) is 0 Å². The molecule has 1 aromatic heterocycles. The first-order chi connectivity index (χ1) is 10.3. The normalized spacial score (nSPS) is 16.8. The van der Waals surface area contributed by atoms with Crippen LogP contribution in [0.3, 0.4) is 0 Å². The van der Waals surface area contributed by atoms with E-state index < -0.39 is 0 Å². The second kappa shape index (κ2) is 6.68. The van der Waals surface area contributed by atoms with Crippen LogP contribution in [0.4, 0.5) is 4.39 Å². The van der Waals surface area contributed by atoms with E-state index in [1.54, 1.807) is 18.3 Å². The molecule has 0 saturated carbocycles. The summed E-state index contributed by atoms with van der Waals surface area (Å²) in [5.74, 6) is 0.524. The number of piperidine rings is 1. The molecular weight excluding hydrogens is 267 g/mol. The van der Waals surface area contributed by atoms with E-state index in [1.165, 1.54) is 17.7 Å². The SMILES string of the molecule is Fc1ccc(OC2CCN(Cc3cccnc3)CC2)cc1. The largest absolute Gasteiger partial charge is 0.490 e. The number of hydrogen-bond acceptors (Lipinski definition) is 3. The van der Waals surface area contributed by atoms with Crippen molar-refractivity contribution in [2.75, 3.05) is 13.1 Å². The predicted octanol–water partition coefficient (Wildman–Crippen LogP) is 3.26. The van der Waals surface area contributed by atoms with Gasteiger partial charge in [0.15, 0.2) is 0 Å². The van der Waals surface area contributed by atoms with Crippen LogP contribution in [0.5, 0.6) is 5.75 Å². The third-order valence-electron chi connectivity index (χ3n) is 3.78. The Labute approximate surface area is 124 Å². The van der Waals surface area contributed by atoms with Crippen molar-refractivity contribution in [2.45, 2.75) is 25.5 Å². The van der Waals surface area contributed by atoms with Gasteiger partial charge in [0, 0.05) is 32.0 Å². The standard InChI is InChI=1S/C17H19FN2O/c18-15-3-5-16(6-4-15)21-17-7-10-20(11-8-17)13-14-2-1-9-19-12-14/h1-6,9,12,17H,7-8,10-11,13H2. The van der Waals surface area contributed by atoms with Crippen molar-refractivity contribution in [2.24, 2.45) is 0 Å². The second-order valence-electron chi connectivity index (χ2n) is 5.41. The van der Waals surface area contributed by atoms with Crippen LogP contribution >= 0.6 is 0 Å². The molecule has 4 heteroatoms. The third-order valence-corrected chi connectivity index (χ3v) is 3.78. The van der Waals surface area contributed by atoms with Gasteiger partial charge in [-0.3, -0.25) is 9.88 Å². The maximum atomic E-state index is 12.9. The van der Waals surface area contributed by atoms with Crippen molar-refractivity contribution in [3.8, 4) is 5.75 Å². The van der Waals surface area contributed by atoms with E-state index in [0.717, 1.165) is 38.2 Å². The smallest absolute Gasteiger partial charge is 0.123 e. The number of nitrogens with zero attached hydrogens (tertiary/aromatic N) is 2. The zero-order valence-electron chi connectivity index (χ0n) is 11.9. The summed E-state index contributed by atoms with van der Waals surface area (Å²) in [6.07, 6.45) is 5.93. The topological polar surface area (TPSA) is 25.4 Å². The molecule has 0 amide bonds. The molecule has 1 saturated heterocycles. The molecule has 0 atom stereocenters. The Balaban J connectivity index is 1.47. The summed E-state index contributed by atoms with van der Waals surface area (Å²) < 4.78 is 18.8. The maximum absolute atomic E-state index is 12.9. The van der Waals surface area contributed by atoms with E-state index in [0.29, 0.717) is 0 Å². The zero-order chi connectivity index (χ0) is 14.5. The number of likely N-dealkylation sites (tertiary alicyclic amines) is 1. The number of hydrogen-bond donors (Lipinski definition) is 0. The highest BCUT2D eigenvalue weighted by molar-refractivity contribution is 5.22. The minimum absolute atomic E-state index is 0.223. The van der Waals surface area contributed by atoms with Gasteiger partial charge < -0.3 is 4.74 Å². The number of benzene rings is 1. The lowest BCUT2D eigenvalue weighted by atomic mass is 10.1. The van der Waals surface area contributed by atoms with Crippen molar-refractivity contribution in [3.05, 3.63) is 60.2 Å². The molecule has 1 aromatic carbocycles. The molecule has 1 aliphatic rings. The average Bonchev–Trinajstić information content (AvgIpc) is 2.53. The predicted molar refractivity (Wildman–Crippen MR) is 79.6 cm³/mol. The Morgan fingerprint density at radius 2 is 1.90 bits per heavy atom. The average molecular weight is 286 g/mol. The summed E-state index contributed by atoms with van der Waals surface area (Å²) in [4.78, 5) is 6.56. The van der Waals surface area contributed by atoms with Crippen molar-refractivity contribution >= 4 is 0 Å². The summed E-state index contributed by atoms with van der Waals surface area (Å²) in [5, 5.41) is 0. The third kappa shape index (κ3) is 4.02. The van der Waals surface area contributed by atoms with E-state index in [4.69, 9.17) is 4.74 Å². The Hall–Kier alpha value is -1.94. The molecule has 21 heavy (non-hydrogen) atoms. The lowest BCUT2D eigenvalue weighted by Gasteiger charge is -2.32. The monoisotopic (exact) mass is 286 g/mol. The molecule has 0 N–H and O–H groups in total. The van der Waals surface area contributed by atoms with E-state index in [-0.39, 0.29) is 11.9 Å². The number of pyridine rings is 1. The molecule has 0 unspecified atom stereocenters. The zero-order valence-corrected chi connectivity index (χ0v) is 11.9. The molecule has 0 radical (unpaired) electrons. The van der Waals surface area contributed by atoms with Crippen LogP contribution < -0.4 is 4.74 Å². The summed E-state index contributed by atoms with van der Waals surface area (Å²) >= 11 is 0. The molecule has 2 heterocycles. The van der Waals surface area contributed by atoms with Gasteiger partial charge in [-0.2, -0.15) is 0 Å². The minimum atomic E-state index is -0.228. The minimum Gasteiger partial charge on any atom is -0.490 e. The Kier molecular flexibility index (Phi) is 4.46. The van der Waals surface area contributed by atoms with Gasteiger partial charge in [-0.25, -0.2) is 4.39 Å². The summed E-state index contributed by atoms with van der Waals surface area (Å²) in [6.45, 7) is 2.97. The molecule has 3 rings (SSSR count). The Morgan fingerprint density at radius 3 is 2.57 bits per heavy atom. The molecule has 110 valence electrons. The first-order valence-corrected chi connectivity index (χ1v) is 7.33. The lowest BCUT2D eigenvalue weighted by molar-refractivity contribution is 0.0967. The fraction of sp³-hybridized carbons (Fsp3) is 0.353. The molecule has 1 aliphatic heterocycles. The number of halogens is 1. The van der Waals surface area contributed by atoms with Crippen molar-refractivity contribution in [1.29, 1.82) is 0 Å². The highest BCUT2D eigenvalue weighted by Gasteiger charge is 2.20. The number of rotatable bonds is 4. The quantitative estimate of drug-likeness (QED) is 0.862. The van der Waals surface area contributed by atoms with Crippen molar-refractivity contribution in [1.82, 2.24) is 9.88 Å². The van der Waals surface area contributed by atoms with Gasteiger partial charge in [-0.05, 0) is 48.7 Å². The number of aromatic nitrogens is 1. The molecule has 0 spiro atoms. The summed E-state index contributed by atoms with van der Waals surface area (Å²) in [5.41, 5.74) is 1.25.